The number of anilines is 2. The van der Waals surface area contributed by atoms with Gasteiger partial charge in [0.25, 0.3) is 0 Å². The van der Waals surface area contributed by atoms with Crippen LogP contribution in [0.5, 0.6) is 17.2 Å². The Labute approximate surface area is 241 Å². The summed E-state index contributed by atoms with van der Waals surface area (Å²) in [6.45, 7) is 8.43. The largest absolute Gasteiger partial charge is 0.490 e. The van der Waals surface area contributed by atoms with E-state index in [1.54, 1.807) is 36.4 Å². The van der Waals surface area contributed by atoms with Gasteiger partial charge in [0.1, 0.15) is 11.9 Å². The van der Waals surface area contributed by atoms with Gasteiger partial charge in [0.15, 0.2) is 17.3 Å². The maximum Gasteiger partial charge on any atom is 0.323 e. The van der Waals surface area contributed by atoms with E-state index in [1.165, 1.54) is 0 Å². The summed E-state index contributed by atoms with van der Waals surface area (Å²) in [6.07, 6.45) is -0.419. The van der Waals surface area contributed by atoms with Gasteiger partial charge in [-0.25, -0.2) is 4.79 Å². The summed E-state index contributed by atoms with van der Waals surface area (Å²) < 4.78 is 17.8. The third-order valence-electron chi connectivity index (χ3n) is 6.28. The number of hydrogen-bond acceptors (Lipinski definition) is 5. The second-order valence-corrected chi connectivity index (χ2v) is 9.66. The van der Waals surface area contributed by atoms with Gasteiger partial charge in [0.05, 0.1) is 18.8 Å². The summed E-state index contributed by atoms with van der Waals surface area (Å²) in [4.78, 5) is 26.2. The lowest BCUT2D eigenvalue weighted by Gasteiger charge is -2.23. The van der Waals surface area contributed by atoms with Crippen molar-refractivity contribution in [3.05, 3.63) is 114 Å². The van der Waals surface area contributed by atoms with Gasteiger partial charge >= 0.3 is 6.03 Å². The molecule has 0 atom stereocenters. The van der Waals surface area contributed by atoms with E-state index < -0.39 is 12.1 Å². The first-order chi connectivity index (χ1) is 19.9. The molecule has 4 rings (SSSR count). The van der Waals surface area contributed by atoms with Crippen LogP contribution in [0.1, 0.15) is 55.3 Å². The smallest absolute Gasteiger partial charge is 0.323 e. The number of carbonyl (C=O) groups excluding carboxylic acids is 2. The van der Waals surface area contributed by atoms with Crippen LogP contribution in [0.15, 0.2) is 97.1 Å². The molecule has 0 unspecified atom stereocenters. The normalized spacial score (nSPS) is 10.8. The van der Waals surface area contributed by atoms with Crippen molar-refractivity contribution in [2.75, 3.05) is 23.8 Å². The summed E-state index contributed by atoms with van der Waals surface area (Å²) in [6, 6.07) is 29.6. The van der Waals surface area contributed by atoms with Crippen molar-refractivity contribution < 1.29 is 23.8 Å². The Balaban J connectivity index is 1.59. The second kappa shape index (κ2) is 14.0. The number of amides is 2. The highest BCUT2D eigenvalue weighted by atomic mass is 16.5. The third-order valence-corrected chi connectivity index (χ3v) is 6.28. The lowest BCUT2D eigenvalue weighted by atomic mass is 9.98. The molecule has 0 saturated carbocycles. The number of hydrogen-bond donors (Lipinski definition) is 2. The first kappa shape index (κ1) is 29.2. The second-order valence-electron chi connectivity index (χ2n) is 9.66. The highest BCUT2D eigenvalue weighted by molar-refractivity contribution is 6.03. The van der Waals surface area contributed by atoms with Crippen LogP contribution in [0, 0.1) is 5.92 Å². The fourth-order valence-electron chi connectivity index (χ4n) is 4.35. The number of carbonyl (C=O) groups is 2. The quantitative estimate of drug-likeness (QED) is 0.173. The summed E-state index contributed by atoms with van der Waals surface area (Å²) in [5.74, 6) is 1.24. The highest BCUT2D eigenvalue weighted by Gasteiger charge is 2.22. The number of benzene rings is 4. The van der Waals surface area contributed by atoms with E-state index in [-0.39, 0.29) is 11.7 Å². The van der Waals surface area contributed by atoms with Crippen molar-refractivity contribution >= 4 is 23.2 Å². The average Bonchev–Trinajstić information content (AvgIpc) is 2.98. The van der Waals surface area contributed by atoms with Crippen molar-refractivity contribution in [3.8, 4) is 17.2 Å². The standard InChI is InChI=1S/C34H36N2O5/c1-5-39-30-20-18-27(22-31(30)40-6-2)36-34(38)35-26-17-19-29(28(21-26)32(37)23(3)4)41-33(24-13-9-7-10-14-24)25-15-11-8-12-16-25/h7-23,33H,5-6H2,1-4H3,(H2,35,36,38). The van der Waals surface area contributed by atoms with Crippen molar-refractivity contribution in [2.45, 2.75) is 33.8 Å². The summed E-state index contributed by atoms with van der Waals surface area (Å²) >= 11 is 0. The van der Waals surface area contributed by atoms with E-state index in [0.717, 1.165) is 11.1 Å². The van der Waals surface area contributed by atoms with Crippen LogP contribution in [0.25, 0.3) is 0 Å². The zero-order valence-corrected chi connectivity index (χ0v) is 23.8. The van der Waals surface area contributed by atoms with E-state index in [9.17, 15) is 9.59 Å². The maximum atomic E-state index is 13.3. The van der Waals surface area contributed by atoms with E-state index in [4.69, 9.17) is 14.2 Å². The molecule has 0 bridgehead atoms. The molecule has 0 aliphatic rings. The van der Waals surface area contributed by atoms with Crippen LogP contribution in [0.4, 0.5) is 16.2 Å². The summed E-state index contributed by atoms with van der Waals surface area (Å²) in [5, 5.41) is 5.65. The Morgan fingerprint density at radius 3 is 1.71 bits per heavy atom. The van der Waals surface area contributed by atoms with Gasteiger partial charge in [-0.15, -0.1) is 0 Å². The van der Waals surface area contributed by atoms with Crippen LogP contribution >= 0.6 is 0 Å². The minimum Gasteiger partial charge on any atom is -0.490 e. The number of ether oxygens (including phenoxy) is 3. The van der Waals surface area contributed by atoms with Crippen LogP contribution < -0.4 is 24.8 Å². The van der Waals surface area contributed by atoms with Crippen molar-refractivity contribution in [2.24, 2.45) is 5.92 Å². The van der Waals surface area contributed by atoms with Crippen molar-refractivity contribution in [3.63, 3.8) is 0 Å². The van der Waals surface area contributed by atoms with Gasteiger partial charge in [-0.2, -0.15) is 0 Å². The van der Waals surface area contributed by atoms with E-state index in [2.05, 4.69) is 10.6 Å². The monoisotopic (exact) mass is 552 g/mol. The Morgan fingerprint density at radius 1 is 0.659 bits per heavy atom. The van der Waals surface area contributed by atoms with Gasteiger partial charge in [0.2, 0.25) is 0 Å². The van der Waals surface area contributed by atoms with Gasteiger partial charge in [-0.05, 0) is 55.3 Å². The topological polar surface area (TPSA) is 85.9 Å². The Bertz CT molecular complexity index is 1420. The molecule has 41 heavy (non-hydrogen) atoms. The lowest BCUT2D eigenvalue weighted by Crippen LogP contribution is -2.20. The maximum absolute atomic E-state index is 13.3. The van der Waals surface area contributed by atoms with Crippen LogP contribution in [0.3, 0.4) is 0 Å². The molecule has 0 heterocycles. The van der Waals surface area contributed by atoms with Crippen LogP contribution in [-0.2, 0) is 0 Å². The van der Waals surface area contributed by atoms with E-state index >= 15 is 0 Å². The molecule has 212 valence electrons. The van der Waals surface area contributed by atoms with Gasteiger partial charge in [-0.1, -0.05) is 74.5 Å². The minimum atomic E-state index is -0.459. The third kappa shape index (κ3) is 7.66. The fraction of sp³-hybridized carbons (Fsp3) is 0.235. The molecule has 7 nitrogen and oxygen atoms in total. The molecule has 0 fully saturated rings. The number of rotatable bonds is 12. The number of Topliss-reactive ketones (excluding diaryl/α,β-unsaturated/α-hetero) is 1. The Kier molecular flexibility index (Phi) is 9.99. The lowest BCUT2D eigenvalue weighted by molar-refractivity contribution is 0.0933. The van der Waals surface area contributed by atoms with Crippen molar-refractivity contribution in [1.29, 1.82) is 0 Å². The molecule has 0 saturated heterocycles. The first-order valence-corrected chi connectivity index (χ1v) is 13.8. The molecule has 2 N–H and O–H groups in total. The predicted octanol–water partition coefficient (Wildman–Crippen LogP) is 8.14. The number of urea groups is 1. The number of ketones is 1. The highest BCUT2D eigenvalue weighted by Crippen LogP contribution is 2.34. The fourth-order valence-corrected chi connectivity index (χ4v) is 4.35. The Hall–Kier alpha value is -4.78. The molecular formula is C34H36N2O5. The zero-order chi connectivity index (χ0) is 29.2. The van der Waals surface area contributed by atoms with E-state index in [0.29, 0.717) is 47.4 Å². The molecule has 0 radical (unpaired) electrons. The minimum absolute atomic E-state index is 0.0863. The van der Waals surface area contributed by atoms with Gasteiger partial charge < -0.3 is 24.8 Å². The van der Waals surface area contributed by atoms with E-state index in [1.807, 2.05) is 88.4 Å². The Morgan fingerprint density at radius 2 is 1.17 bits per heavy atom. The summed E-state index contributed by atoms with van der Waals surface area (Å²) in [7, 11) is 0. The molecule has 7 heteroatoms. The molecule has 4 aromatic rings. The molecule has 0 spiro atoms. The molecule has 4 aromatic carbocycles. The van der Waals surface area contributed by atoms with Gasteiger partial charge in [0, 0.05) is 23.4 Å². The predicted molar refractivity (Wildman–Crippen MR) is 162 cm³/mol. The SMILES string of the molecule is CCOc1ccc(NC(=O)Nc2ccc(OC(c3ccccc3)c3ccccc3)c(C(=O)C(C)C)c2)cc1OCC. The van der Waals surface area contributed by atoms with Gasteiger partial charge in [-0.3, -0.25) is 4.79 Å². The van der Waals surface area contributed by atoms with Crippen LogP contribution in [-0.4, -0.2) is 25.0 Å². The van der Waals surface area contributed by atoms with Crippen LogP contribution in [0.2, 0.25) is 0 Å². The molecule has 0 aromatic heterocycles. The average molecular weight is 553 g/mol. The number of nitrogens with one attached hydrogen (secondary N) is 2. The zero-order valence-electron chi connectivity index (χ0n) is 23.8. The molecular weight excluding hydrogens is 516 g/mol. The summed E-state index contributed by atoms with van der Waals surface area (Å²) in [5.41, 5.74) is 3.33. The molecule has 0 aliphatic carbocycles. The van der Waals surface area contributed by atoms with Crippen molar-refractivity contribution in [1.82, 2.24) is 0 Å². The first-order valence-electron chi connectivity index (χ1n) is 13.8. The molecule has 2 amide bonds. The molecule has 0 aliphatic heterocycles.